The summed E-state index contributed by atoms with van der Waals surface area (Å²) in [6.07, 6.45) is 3.54. The van der Waals surface area contributed by atoms with Crippen LogP contribution in [0.1, 0.15) is 36.0 Å². The second-order valence-electron chi connectivity index (χ2n) is 7.26. The first-order valence-corrected chi connectivity index (χ1v) is 9.14. The van der Waals surface area contributed by atoms with Gasteiger partial charge in [-0.2, -0.15) is 0 Å². The van der Waals surface area contributed by atoms with E-state index in [-0.39, 0.29) is 11.9 Å². The van der Waals surface area contributed by atoms with Crippen molar-refractivity contribution >= 4 is 5.91 Å². The van der Waals surface area contributed by atoms with E-state index in [1.165, 1.54) is 11.1 Å². The minimum absolute atomic E-state index is 0.132. The Morgan fingerprint density at radius 1 is 1.12 bits per heavy atom. The van der Waals surface area contributed by atoms with Crippen LogP contribution in [-0.4, -0.2) is 38.4 Å². The molecule has 24 heavy (non-hydrogen) atoms. The lowest BCUT2D eigenvalue weighted by atomic mass is 9.79. The van der Waals surface area contributed by atoms with Gasteiger partial charge in [-0.1, -0.05) is 23.8 Å². The molecule has 2 fully saturated rings. The molecule has 2 aliphatic heterocycles. The lowest BCUT2D eigenvalue weighted by Gasteiger charge is -2.39. The first-order chi connectivity index (χ1) is 11.6. The Bertz CT molecular complexity index is 566. The van der Waals surface area contributed by atoms with E-state index in [4.69, 9.17) is 9.47 Å². The summed E-state index contributed by atoms with van der Waals surface area (Å²) in [5, 5.41) is 3.30. The number of hydrogen-bond acceptors (Lipinski definition) is 3. The monoisotopic (exact) mass is 331 g/mol. The molecule has 4 heteroatoms. The Morgan fingerprint density at radius 2 is 1.88 bits per heavy atom. The van der Waals surface area contributed by atoms with Gasteiger partial charge in [0.15, 0.2) is 0 Å². The molecule has 0 aromatic heterocycles. The Labute approximate surface area is 144 Å². The molecule has 2 heterocycles. The Morgan fingerprint density at radius 3 is 2.67 bits per heavy atom. The van der Waals surface area contributed by atoms with Gasteiger partial charge in [-0.3, -0.25) is 4.79 Å². The molecule has 0 bridgehead atoms. The topological polar surface area (TPSA) is 47.6 Å². The van der Waals surface area contributed by atoms with Gasteiger partial charge in [-0.25, -0.2) is 0 Å². The van der Waals surface area contributed by atoms with Crippen LogP contribution in [0, 0.1) is 25.7 Å². The molecule has 2 saturated heterocycles. The molecule has 0 aliphatic carbocycles. The highest BCUT2D eigenvalue weighted by molar-refractivity contribution is 5.79. The average molecular weight is 331 g/mol. The number of nitrogens with one attached hydrogen (secondary N) is 1. The number of benzene rings is 1. The molecule has 0 radical (unpaired) electrons. The van der Waals surface area contributed by atoms with Crippen molar-refractivity contribution < 1.29 is 14.3 Å². The number of amides is 1. The van der Waals surface area contributed by atoms with Crippen LogP contribution >= 0.6 is 0 Å². The lowest BCUT2D eigenvalue weighted by Crippen LogP contribution is -2.49. The normalized spacial score (nSPS) is 25.4. The summed E-state index contributed by atoms with van der Waals surface area (Å²) in [5.41, 5.74) is 3.51. The minimum Gasteiger partial charge on any atom is -0.381 e. The lowest BCUT2D eigenvalue weighted by molar-refractivity contribution is -0.123. The number of rotatable bonds is 4. The summed E-state index contributed by atoms with van der Waals surface area (Å²) in [6.45, 7) is 7.32. The van der Waals surface area contributed by atoms with E-state index in [1.807, 2.05) is 0 Å². The third-order valence-corrected chi connectivity index (χ3v) is 5.47. The maximum Gasteiger partial charge on any atom is 0.224 e. The molecule has 1 amide bonds. The van der Waals surface area contributed by atoms with Crippen LogP contribution in [-0.2, 0) is 20.7 Å². The molecule has 2 atom stereocenters. The Kier molecular flexibility index (Phi) is 5.90. The van der Waals surface area contributed by atoms with Gasteiger partial charge in [0.25, 0.3) is 0 Å². The van der Waals surface area contributed by atoms with E-state index in [2.05, 4.69) is 37.4 Å². The summed E-state index contributed by atoms with van der Waals surface area (Å²) in [7, 11) is 0. The zero-order valence-electron chi connectivity index (χ0n) is 14.8. The first-order valence-electron chi connectivity index (χ1n) is 9.14. The van der Waals surface area contributed by atoms with Gasteiger partial charge in [0.2, 0.25) is 5.91 Å². The van der Waals surface area contributed by atoms with Crippen molar-refractivity contribution in [3.05, 3.63) is 34.9 Å². The van der Waals surface area contributed by atoms with Crippen molar-refractivity contribution in [2.45, 2.75) is 45.6 Å². The van der Waals surface area contributed by atoms with Crippen molar-refractivity contribution in [3.8, 4) is 0 Å². The Balaban J connectivity index is 1.61. The Hall–Kier alpha value is -1.39. The van der Waals surface area contributed by atoms with E-state index in [0.29, 0.717) is 18.3 Å². The van der Waals surface area contributed by atoms with Crippen LogP contribution in [0.2, 0.25) is 0 Å². The smallest absolute Gasteiger partial charge is 0.224 e. The van der Waals surface area contributed by atoms with Crippen LogP contribution in [0.25, 0.3) is 0 Å². The zero-order valence-corrected chi connectivity index (χ0v) is 14.8. The van der Waals surface area contributed by atoms with E-state index < -0.39 is 0 Å². The fourth-order valence-corrected chi connectivity index (χ4v) is 3.97. The zero-order chi connectivity index (χ0) is 16.9. The molecule has 1 aromatic carbocycles. The quantitative estimate of drug-likeness (QED) is 0.923. The van der Waals surface area contributed by atoms with E-state index in [1.54, 1.807) is 0 Å². The molecular formula is C20H29NO3. The van der Waals surface area contributed by atoms with Crippen molar-refractivity contribution in [2.24, 2.45) is 11.8 Å². The molecule has 0 unspecified atom stereocenters. The van der Waals surface area contributed by atoms with E-state index in [9.17, 15) is 4.79 Å². The van der Waals surface area contributed by atoms with Gasteiger partial charge in [0.05, 0.1) is 13.0 Å². The number of hydrogen-bond donors (Lipinski definition) is 1. The second kappa shape index (κ2) is 8.13. The predicted octanol–water partition coefficient (Wildman–Crippen LogP) is 2.79. The number of ether oxygens (including phenoxy) is 2. The van der Waals surface area contributed by atoms with Crippen molar-refractivity contribution in [1.82, 2.24) is 5.32 Å². The largest absolute Gasteiger partial charge is 0.381 e. The van der Waals surface area contributed by atoms with Crippen LogP contribution in [0.3, 0.4) is 0 Å². The summed E-state index contributed by atoms with van der Waals surface area (Å²) in [4.78, 5) is 12.6. The number of carbonyl (C=O) groups is 1. The minimum atomic E-state index is 0.132. The summed E-state index contributed by atoms with van der Waals surface area (Å²) in [5.74, 6) is 1.16. The van der Waals surface area contributed by atoms with Gasteiger partial charge < -0.3 is 14.8 Å². The second-order valence-corrected chi connectivity index (χ2v) is 7.26. The highest BCUT2D eigenvalue weighted by Gasteiger charge is 2.34. The number of carbonyl (C=O) groups excluding carboxylic acids is 1. The predicted molar refractivity (Wildman–Crippen MR) is 94.0 cm³/mol. The van der Waals surface area contributed by atoms with Gasteiger partial charge in [-0.15, -0.1) is 0 Å². The fourth-order valence-electron chi connectivity index (χ4n) is 3.97. The highest BCUT2D eigenvalue weighted by atomic mass is 16.5. The van der Waals surface area contributed by atoms with Crippen LogP contribution < -0.4 is 5.32 Å². The van der Waals surface area contributed by atoms with Crippen LogP contribution in [0.4, 0.5) is 0 Å². The SMILES string of the molecule is Cc1ccc(C)c(CC(=O)N[C@H]2CCOC[C@H]2C2CCOCC2)c1. The molecule has 3 rings (SSSR count). The average Bonchev–Trinajstić information content (AvgIpc) is 2.59. The molecule has 0 saturated carbocycles. The molecule has 0 spiro atoms. The molecule has 1 aromatic rings. The molecular weight excluding hydrogens is 302 g/mol. The fraction of sp³-hybridized carbons (Fsp3) is 0.650. The van der Waals surface area contributed by atoms with Crippen LogP contribution in [0.5, 0.6) is 0 Å². The van der Waals surface area contributed by atoms with Gasteiger partial charge in [0, 0.05) is 31.8 Å². The summed E-state index contributed by atoms with van der Waals surface area (Å²) in [6, 6.07) is 6.54. The van der Waals surface area contributed by atoms with Gasteiger partial charge >= 0.3 is 0 Å². The summed E-state index contributed by atoms with van der Waals surface area (Å²) >= 11 is 0. The summed E-state index contributed by atoms with van der Waals surface area (Å²) < 4.78 is 11.2. The van der Waals surface area contributed by atoms with Gasteiger partial charge in [0.1, 0.15) is 0 Å². The van der Waals surface area contributed by atoms with Crippen molar-refractivity contribution in [2.75, 3.05) is 26.4 Å². The molecule has 132 valence electrons. The highest BCUT2D eigenvalue weighted by Crippen LogP contribution is 2.30. The molecule has 4 nitrogen and oxygen atoms in total. The maximum absolute atomic E-state index is 12.6. The maximum atomic E-state index is 12.6. The van der Waals surface area contributed by atoms with E-state index >= 15 is 0 Å². The third-order valence-electron chi connectivity index (χ3n) is 5.47. The first kappa shape index (κ1) is 17.4. The van der Waals surface area contributed by atoms with Crippen molar-refractivity contribution in [1.29, 1.82) is 0 Å². The van der Waals surface area contributed by atoms with Crippen molar-refractivity contribution in [3.63, 3.8) is 0 Å². The molecule has 2 aliphatic rings. The van der Waals surface area contributed by atoms with Gasteiger partial charge in [-0.05, 0) is 50.2 Å². The molecule has 1 N–H and O–H groups in total. The standard InChI is InChI=1S/C20H29NO3/c1-14-3-4-15(2)17(11-14)12-20(22)21-19-7-10-24-13-18(19)16-5-8-23-9-6-16/h3-4,11,16,18-19H,5-10,12-13H2,1-2H3,(H,21,22)/t18-,19-/m0/s1. The number of aryl methyl sites for hydroxylation is 2. The van der Waals surface area contributed by atoms with E-state index in [0.717, 1.165) is 51.3 Å². The third kappa shape index (κ3) is 4.37. The van der Waals surface area contributed by atoms with Crippen LogP contribution in [0.15, 0.2) is 18.2 Å².